The van der Waals surface area contributed by atoms with E-state index in [4.69, 9.17) is 0 Å². The molecule has 0 saturated heterocycles. The van der Waals surface area contributed by atoms with Crippen molar-refractivity contribution in [1.82, 2.24) is 0 Å². The molecular formula is C22H22O. The third-order valence-electron chi connectivity index (χ3n) is 4.31. The summed E-state index contributed by atoms with van der Waals surface area (Å²) in [5.74, 6) is 0.206. The summed E-state index contributed by atoms with van der Waals surface area (Å²) in [6, 6.07) is 16.7. The molecule has 1 saturated carbocycles. The van der Waals surface area contributed by atoms with Crippen molar-refractivity contribution in [1.29, 1.82) is 0 Å². The van der Waals surface area contributed by atoms with Gasteiger partial charge >= 0.3 is 0 Å². The van der Waals surface area contributed by atoms with Crippen LogP contribution in [-0.2, 0) is 4.79 Å². The van der Waals surface area contributed by atoms with Crippen molar-refractivity contribution in [3.8, 4) is 0 Å². The fourth-order valence-corrected chi connectivity index (χ4v) is 2.91. The Bertz CT molecular complexity index is 693. The van der Waals surface area contributed by atoms with Gasteiger partial charge in [-0.1, -0.05) is 59.7 Å². The second-order valence-electron chi connectivity index (χ2n) is 6.34. The summed E-state index contributed by atoms with van der Waals surface area (Å²) >= 11 is 0. The minimum absolute atomic E-state index is 0.206. The Kier molecular flexibility index (Phi) is 4.57. The standard InChI is InChI=1S/C22H22O/c1-16-6-10-18(11-7-16)14-20-4-3-5-21(22(20)23)15-19-12-8-17(2)9-13-19/h6-15H,3-5H2,1-2H3/b20-14-,21-15-. The van der Waals surface area contributed by atoms with Crippen LogP contribution in [-0.4, -0.2) is 5.78 Å². The molecule has 1 aliphatic rings. The Morgan fingerprint density at radius 1 is 0.696 bits per heavy atom. The van der Waals surface area contributed by atoms with Gasteiger partial charge in [0, 0.05) is 11.1 Å². The van der Waals surface area contributed by atoms with Gasteiger partial charge < -0.3 is 0 Å². The Balaban J connectivity index is 1.86. The zero-order valence-corrected chi connectivity index (χ0v) is 13.8. The molecule has 1 aliphatic carbocycles. The van der Waals surface area contributed by atoms with Gasteiger partial charge in [0.05, 0.1) is 0 Å². The van der Waals surface area contributed by atoms with E-state index in [9.17, 15) is 4.79 Å². The van der Waals surface area contributed by atoms with Gasteiger partial charge in [0.2, 0.25) is 0 Å². The maximum Gasteiger partial charge on any atom is 0.185 e. The van der Waals surface area contributed by atoms with Gasteiger partial charge in [0.1, 0.15) is 0 Å². The number of allylic oxidation sites excluding steroid dienone is 2. The van der Waals surface area contributed by atoms with E-state index in [0.717, 1.165) is 41.5 Å². The van der Waals surface area contributed by atoms with Crippen LogP contribution >= 0.6 is 0 Å². The number of rotatable bonds is 2. The maximum atomic E-state index is 12.7. The Morgan fingerprint density at radius 2 is 1.09 bits per heavy atom. The molecule has 0 amide bonds. The van der Waals surface area contributed by atoms with Crippen LogP contribution in [0.2, 0.25) is 0 Å². The average Bonchev–Trinajstić information content (AvgIpc) is 2.55. The first-order chi connectivity index (χ1) is 11.1. The van der Waals surface area contributed by atoms with Crippen molar-refractivity contribution < 1.29 is 4.79 Å². The summed E-state index contributed by atoms with van der Waals surface area (Å²) in [7, 11) is 0. The number of aryl methyl sites for hydroxylation is 2. The predicted molar refractivity (Wildman–Crippen MR) is 97.2 cm³/mol. The SMILES string of the molecule is Cc1ccc(/C=C2/CCC/C(=C/c3ccc(C)cc3)C2=O)cc1. The van der Waals surface area contributed by atoms with Crippen LogP contribution in [0.5, 0.6) is 0 Å². The van der Waals surface area contributed by atoms with Gasteiger partial charge in [0.25, 0.3) is 0 Å². The summed E-state index contributed by atoms with van der Waals surface area (Å²) in [5, 5.41) is 0. The number of hydrogen-bond donors (Lipinski definition) is 0. The molecule has 1 fully saturated rings. The summed E-state index contributed by atoms with van der Waals surface area (Å²) in [4.78, 5) is 12.7. The lowest BCUT2D eigenvalue weighted by atomic mass is 9.87. The zero-order chi connectivity index (χ0) is 16.2. The molecule has 0 heterocycles. The average molecular weight is 302 g/mol. The van der Waals surface area contributed by atoms with E-state index in [1.165, 1.54) is 11.1 Å². The Hall–Kier alpha value is -2.41. The number of hydrogen-bond acceptors (Lipinski definition) is 1. The fourth-order valence-electron chi connectivity index (χ4n) is 2.91. The minimum Gasteiger partial charge on any atom is -0.289 e. The molecule has 3 rings (SSSR count). The van der Waals surface area contributed by atoms with E-state index >= 15 is 0 Å². The zero-order valence-electron chi connectivity index (χ0n) is 13.8. The highest BCUT2D eigenvalue weighted by Gasteiger charge is 2.20. The smallest absolute Gasteiger partial charge is 0.185 e. The first-order valence-corrected chi connectivity index (χ1v) is 8.21. The van der Waals surface area contributed by atoms with Crippen molar-refractivity contribution in [3.05, 3.63) is 81.9 Å². The minimum atomic E-state index is 0.206. The van der Waals surface area contributed by atoms with Gasteiger partial charge in [0.15, 0.2) is 5.78 Å². The highest BCUT2D eigenvalue weighted by Crippen LogP contribution is 2.28. The summed E-state index contributed by atoms with van der Waals surface area (Å²) in [6.07, 6.45) is 6.88. The number of carbonyl (C=O) groups excluding carboxylic acids is 1. The Labute approximate surface area is 138 Å². The van der Waals surface area contributed by atoms with E-state index in [0.29, 0.717) is 0 Å². The second kappa shape index (κ2) is 6.78. The Morgan fingerprint density at radius 3 is 1.48 bits per heavy atom. The molecular weight excluding hydrogens is 280 g/mol. The lowest BCUT2D eigenvalue weighted by Gasteiger charge is -2.16. The molecule has 116 valence electrons. The van der Waals surface area contributed by atoms with E-state index in [1.807, 2.05) is 12.2 Å². The number of benzene rings is 2. The van der Waals surface area contributed by atoms with E-state index in [1.54, 1.807) is 0 Å². The van der Waals surface area contributed by atoms with Crippen molar-refractivity contribution >= 4 is 17.9 Å². The van der Waals surface area contributed by atoms with Crippen molar-refractivity contribution in [2.24, 2.45) is 0 Å². The van der Waals surface area contributed by atoms with Crippen molar-refractivity contribution in [3.63, 3.8) is 0 Å². The highest BCUT2D eigenvalue weighted by molar-refractivity contribution is 6.13. The third kappa shape index (κ3) is 3.87. The highest BCUT2D eigenvalue weighted by atomic mass is 16.1. The van der Waals surface area contributed by atoms with Gasteiger partial charge in [-0.2, -0.15) is 0 Å². The first kappa shape index (κ1) is 15.5. The van der Waals surface area contributed by atoms with Crippen LogP contribution < -0.4 is 0 Å². The van der Waals surface area contributed by atoms with Crippen LogP contribution in [0.1, 0.15) is 41.5 Å². The first-order valence-electron chi connectivity index (χ1n) is 8.21. The quantitative estimate of drug-likeness (QED) is 0.667. The summed E-state index contributed by atoms with van der Waals surface area (Å²) in [5.41, 5.74) is 6.55. The van der Waals surface area contributed by atoms with Gasteiger partial charge in [-0.25, -0.2) is 0 Å². The molecule has 0 unspecified atom stereocenters. The van der Waals surface area contributed by atoms with E-state index in [-0.39, 0.29) is 5.78 Å². The van der Waals surface area contributed by atoms with Gasteiger partial charge in [-0.15, -0.1) is 0 Å². The summed E-state index contributed by atoms with van der Waals surface area (Å²) < 4.78 is 0. The fraction of sp³-hybridized carbons (Fsp3) is 0.227. The number of Topliss-reactive ketones (excluding diaryl/α,β-unsaturated/α-hetero) is 1. The number of carbonyl (C=O) groups is 1. The number of ketones is 1. The lowest BCUT2D eigenvalue weighted by Crippen LogP contribution is -2.12. The molecule has 2 aromatic carbocycles. The van der Waals surface area contributed by atoms with Crippen molar-refractivity contribution in [2.45, 2.75) is 33.1 Å². The molecule has 0 N–H and O–H groups in total. The van der Waals surface area contributed by atoms with E-state index < -0.39 is 0 Å². The molecule has 0 aromatic heterocycles. The van der Waals surface area contributed by atoms with Gasteiger partial charge in [-0.3, -0.25) is 4.79 Å². The molecule has 1 heteroatoms. The second-order valence-corrected chi connectivity index (χ2v) is 6.34. The third-order valence-corrected chi connectivity index (χ3v) is 4.31. The van der Waals surface area contributed by atoms with Crippen LogP contribution in [0.15, 0.2) is 59.7 Å². The molecule has 0 radical (unpaired) electrons. The normalized spacial score (nSPS) is 18.6. The molecule has 0 atom stereocenters. The molecule has 0 aliphatic heterocycles. The summed E-state index contributed by atoms with van der Waals surface area (Å²) in [6.45, 7) is 4.15. The molecule has 23 heavy (non-hydrogen) atoms. The molecule has 1 nitrogen and oxygen atoms in total. The van der Waals surface area contributed by atoms with Crippen LogP contribution in [0.3, 0.4) is 0 Å². The predicted octanol–water partition coefficient (Wildman–Crippen LogP) is 5.52. The van der Waals surface area contributed by atoms with E-state index in [2.05, 4.69) is 62.4 Å². The molecule has 0 bridgehead atoms. The maximum absolute atomic E-state index is 12.7. The molecule has 2 aromatic rings. The van der Waals surface area contributed by atoms with Crippen molar-refractivity contribution in [2.75, 3.05) is 0 Å². The van der Waals surface area contributed by atoms with Crippen LogP contribution in [0, 0.1) is 13.8 Å². The largest absolute Gasteiger partial charge is 0.289 e. The monoisotopic (exact) mass is 302 g/mol. The van der Waals surface area contributed by atoms with Crippen LogP contribution in [0.25, 0.3) is 12.2 Å². The van der Waals surface area contributed by atoms with Gasteiger partial charge in [-0.05, 0) is 56.4 Å². The van der Waals surface area contributed by atoms with Crippen LogP contribution in [0.4, 0.5) is 0 Å². The topological polar surface area (TPSA) is 17.1 Å². The lowest BCUT2D eigenvalue weighted by molar-refractivity contribution is -0.112. The molecule has 0 spiro atoms.